The number of esters is 1. The fraction of sp³-hybridized carbons (Fsp3) is 0.812. The van der Waals surface area contributed by atoms with Gasteiger partial charge in [0.15, 0.2) is 8.32 Å². The van der Waals surface area contributed by atoms with E-state index in [1.54, 1.807) is 31.2 Å². The minimum Gasteiger partial charge on any atom is -0.462 e. The average molecular weight is 543 g/mol. The maximum atomic E-state index is 11.5. The Morgan fingerprint density at radius 1 is 1.13 bits per heavy atom. The zero-order valence-corrected chi connectivity index (χ0v) is 26.6. The highest BCUT2D eigenvalue weighted by Gasteiger charge is 2.60. The average Bonchev–Trinajstić information content (AvgIpc) is 3.49. The van der Waals surface area contributed by atoms with E-state index < -0.39 is 8.32 Å². The number of aromatic amines is 1. The maximum absolute atomic E-state index is 11.5. The quantitative estimate of drug-likeness (QED) is 0.236. The lowest BCUT2D eigenvalue weighted by atomic mass is 9.47. The number of ether oxygens (including phenoxy) is 1. The van der Waals surface area contributed by atoms with Crippen molar-refractivity contribution in [2.24, 2.45) is 34.5 Å². The number of nitrogens with zero attached hydrogens (tertiary/aromatic N) is 1. The van der Waals surface area contributed by atoms with E-state index in [4.69, 9.17) is 9.16 Å². The van der Waals surface area contributed by atoms with Gasteiger partial charge in [-0.2, -0.15) is 0 Å². The van der Waals surface area contributed by atoms with Crippen LogP contribution in [0.2, 0.25) is 18.1 Å². The number of carbonyl (C=O) groups is 1. The molecule has 1 N–H and O–H groups in total. The highest BCUT2D eigenvalue weighted by molar-refractivity contribution is 6.74. The molecule has 1 aromatic rings. The predicted octanol–water partition coefficient (Wildman–Crippen LogP) is 8.32. The lowest BCUT2D eigenvalue weighted by molar-refractivity contribution is -0.148. The van der Waals surface area contributed by atoms with Gasteiger partial charge in [0.05, 0.1) is 6.33 Å². The van der Waals surface area contributed by atoms with E-state index in [0.29, 0.717) is 22.9 Å². The van der Waals surface area contributed by atoms with E-state index >= 15 is 0 Å². The van der Waals surface area contributed by atoms with Crippen molar-refractivity contribution in [1.82, 2.24) is 9.97 Å². The molecule has 0 bridgehead atoms. The van der Waals surface area contributed by atoms with Crippen molar-refractivity contribution >= 4 is 14.3 Å². The molecule has 38 heavy (non-hydrogen) atoms. The lowest BCUT2D eigenvalue weighted by Crippen LogP contribution is -2.52. The zero-order valence-electron chi connectivity index (χ0n) is 25.6. The van der Waals surface area contributed by atoms with E-state index in [1.807, 2.05) is 0 Å². The molecule has 3 fully saturated rings. The number of rotatable bonds is 4. The van der Waals surface area contributed by atoms with Gasteiger partial charge in [0.25, 0.3) is 0 Å². The first-order valence-corrected chi connectivity index (χ1v) is 18.1. The largest absolute Gasteiger partial charge is 0.462 e. The van der Waals surface area contributed by atoms with E-state index in [-0.39, 0.29) is 17.1 Å². The number of nitrogens with one attached hydrogen (secondary N) is 1. The van der Waals surface area contributed by atoms with Crippen molar-refractivity contribution in [1.29, 1.82) is 0 Å². The molecule has 0 amide bonds. The van der Waals surface area contributed by atoms with E-state index in [0.717, 1.165) is 30.6 Å². The summed E-state index contributed by atoms with van der Waals surface area (Å²) in [7, 11) is -1.76. The highest BCUT2D eigenvalue weighted by Crippen LogP contribution is 2.67. The minimum atomic E-state index is -1.76. The Labute approximate surface area is 233 Å². The number of imidazole rings is 1. The van der Waals surface area contributed by atoms with Gasteiger partial charge >= 0.3 is 5.97 Å². The molecule has 5 rings (SSSR count). The summed E-state index contributed by atoms with van der Waals surface area (Å²) in [6.07, 6.45) is 17.9. The molecule has 0 spiro atoms. The van der Waals surface area contributed by atoms with Crippen LogP contribution in [0.5, 0.6) is 0 Å². The van der Waals surface area contributed by atoms with Crippen molar-refractivity contribution < 1.29 is 14.0 Å². The molecule has 5 nitrogen and oxygen atoms in total. The van der Waals surface area contributed by atoms with Crippen LogP contribution in [0, 0.1) is 34.5 Å². The van der Waals surface area contributed by atoms with Crippen LogP contribution in [0.15, 0.2) is 30.4 Å². The maximum Gasteiger partial charge on any atom is 0.302 e. The van der Waals surface area contributed by atoms with Gasteiger partial charge in [-0.1, -0.05) is 46.3 Å². The summed E-state index contributed by atoms with van der Waals surface area (Å²) >= 11 is 0. The van der Waals surface area contributed by atoms with Gasteiger partial charge in [-0.05, 0) is 105 Å². The molecule has 1 heterocycles. The third-order valence-electron chi connectivity index (χ3n) is 11.7. The fourth-order valence-corrected chi connectivity index (χ4v) is 10.2. The molecule has 2 unspecified atom stereocenters. The first-order valence-electron chi connectivity index (χ1n) is 15.2. The number of hydrogen-bond acceptors (Lipinski definition) is 4. The second-order valence-corrected chi connectivity index (χ2v) is 19.6. The van der Waals surface area contributed by atoms with Gasteiger partial charge in [0.1, 0.15) is 6.10 Å². The Hall–Kier alpha value is -1.40. The van der Waals surface area contributed by atoms with Crippen LogP contribution in [0.4, 0.5) is 0 Å². The molecule has 0 radical (unpaired) electrons. The van der Waals surface area contributed by atoms with Gasteiger partial charge in [0.2, 0.25) is 0 Å². The molecule has 1 aromatic heterocycles. The summed E-state index contributed by atoms with van der Waals surface area (Å²) < 4.78 is 12.6. The Morgan fingerprint density at radius 2 is 1.87 bits per heavy atom. The SMILES string of the molecule is CC(=O)OC1CC[C@@]2(C)C(=CC[C@H]3[C@@H]4CC[C@H](C(C)O[Si](C)(C)C(C)(C)C)[C@@]4(C)CC[C@@H]32)C1.c1c[nH]cn1. The van der Waals surface area contributed by atoms with Crippen LogP contribution in [0.25, 0.3) is 0 Å². The van der Waals surface area contributed by atoms with Crippen LogP contribution in [0.3, 0.4) is 0 Å². The number of H-pyrrole nitrogens is 1. The number of hydrogen-bond donors (Lipinski definition) is 1. The predicted molar refractivity (Wildman–Crippen MR) is 157 cm³/mol. The molecular weight excluding hydrogens is 488 g/mol. The number of allylic oxidation sites excluding steroid dienone is 1. The Morgan fingerprint density at radius 3 is 2.45 bits per heavy atom. The Balaban J connectivity index is 0.000000603. The summed E-state index contributed by atoms with van der Waals surface area (Å²) in [6, 6.07) is 0. The Bertz CT molecular complexity index is 966. The summed E-state index contributed by atoms with van der Waals surface area (Å²) in [5, 5.41) is 0.266. The summed E-state index contributed by atoms with van der Waals surface area (Å²) in [5.74, 6) is 3.00. The van der Waals surface area contributed by atoms with Crippen LogP contribution in [0.1, 0.15) is 99.8 Å². The summed E-state index contributed by atoms with van der Waals surface area (Å²) in [5.41, 5.74) is 2.32. The van der Waals surface area contributed by atoms with Gasteiger partial charge in [-0.3, -0.25) is 4.79 Å². The van der Waals surface area contributed by atoms with Gasteiger partial charge in [0, 0.05) is 31.8 Å². The molecule has 8 atom stereocenters. The summed E-state index contributed by atoms with van der Waals surface area (Å²) in [6.45, 7) is 21.0. The van der Waals surface area contributed by atoms with Gasteiger partial charge in [-0.15, -0.1) is 0 Å². The normalized spacial score (nSPS) is 37.5. The van der Waals surface area contributed by atoms with Crippen molar-refractivity contribution in [3.63, 3.8) is 0 Å². The summed E-state index contributed by atoms with van der Waals surface area (Å²) in [4.78, 5) is 17.9. The minimum absolute atomic E-state index is 0.0939. The molecule has 3 saturated carbocycles. The second kappa shape index (κ2) is 10.9. The van der Waals surface area contributed by atoms with Crippen LogP contribution in [-0.4, -0.2) is 36.5 Å². The molecular formula is C32H54N2O3Si. The first-order chi connectivity index (χ1) is 17.7. The van der Waals surface area contributed by atoms with Crippen LogP contribution >= 0.6 is 0 Å². The molecule has 0 saturated heterocycles. The third kappa shape index (κ3) is 5.59. The second-order valence-electron chi connectivity index (χ2n) is 14.8. The lowest BCUT2D eigenvalue weighted by Gasteiger charge is -2.58. The van der Waals surface area contributed by atoms with Crippen LogP contribution < -0.4 is 0 Å². The first kappa shape index (κ1) is 29.6. The van der Waals surface area contributed by atoms with Gasteiger partial charge < -0.3 is 14.1 Å². The smallest absolute Gasteiger partial charge is 0.302 e. The van der Waals surface area contributed by atoms with Crippen LogP contribution in [-0.2, 0) is 14.0 Å². The highest BCUT2D eigenvalue weighted by atomic mass is 28.4. The fourth-order valence-electron chi connectivity index (χ4n) is 8.71. The monoisotopic (exact) mass is 542 g/mol. The van der Waals surface area contributed by atoms with Crippen molar-refractivity contribution in [2.45, 2.75) is 130 Å². The standard InChI is InChI=1S/C29H50O3Si.C3H4N2/c1-19(32-33(8,9)27(3,4)5)24-12-13-25-23-11-10-21-18-22(31-20(2)30)14-16-28(21,6)26(23)15-17-29(24,25)7;1-2-5-3-4-1/h10,19,22-26H,11-18H2,1-9H3;1-3H,(H,4,5)/t19?,22?,23-,24+,25-,26-,28-,29+;/m0./s1. The van der Waals surface area contributed by atoms with Crippen molar-refractivity contribution in [2.75, 3.05) is 0 Å². The molecule has 6 heteroatoms. The van der Waals surface area contributed by atoms with E-state index in [2.05, 4.69) is 70.7 Å². The molecule has 0 aliphatic heterocycles. The van der Waals surface area contributed by atoms with E-state index in [9.17, 15) is 4.79 Å². The number of carbonyl (C=O) groups excluding carboxylic acids is 1. The molecule has 4 aliphatic carbocycles. The Kier molecular flexibility index (Phi) is 8.46. The van der Waals surface area contributed by atoms with Crippen molar-refractivity contribution in [3.8, 4) is 0 Å². The van der Waals surface area contributed by atoms with Gasteiger partial charge in [-0.25, -0.2) is 4.98 Å². The number of fused-ring (bicyclic) bond motifs is 5. The molecule has 4 aliphatic rings. The molecule has 0 aromatic carbocycles. The van der Waals surface area contributed by atoms with E-state index in [1.165, 1.54) is 38.5 Å². The topological polar surface area (TPSA) is 64.2 Å². The molecule has 214 valence electrons. The van der Waals surface area contributed by atoms with Crippen molar-refractivity contribution in [3.05, 3.63) is 30.4 Å². The zero-order chi connectivity index (χ0) is 27.9. The number of aromatic nitrogens is 2. The third-order valence-corrected chi connectivity index (χ3v) is 16.3.